The number of nitrogens with zero attached hydrogens (tertiary/aromatic N) is 2. The number of aliphatic hydroxyl groups excluding tert-OH is 1. The minimum Gasteiger partial charge on any atom is -0.388 e. The van der Waals surface area contributed by atoms with Crippen LogP contribution in [0.4, 0.5) is 0 Å². The molecule has 0 bridgehead atoms. The number of hydrogen-bond acceptors (Lipinski definition) is 5. The molecule has 1 aliphatic heterocycles. The molecule has 100 valence electrons. The highest BCUT2D eigenvalue weighted by Crippen LogP contribution is 2.24. The molecule has 5 heteroatoms. The van der Waals surface area contributed by atoms with Crippen molar-refractivity contribution in [1.82, 2.24) is 10.1 Å². The lowest BCUT2D eigenvalue weighted by Crippen LogP contribution is -2.03. The minimum absolute atomic E-state index is 0.228. The van der Waals surface area contributed by atoms with Gasteiger partial charge in [-0.05, 0) is 12.0 Å². The van der Waals surface area contributed by atoms with Crippen LogP contribution in [0, 0.1) is 0 Å². The van der Waals surface area contributed by atoms with Crippen LogP contribution in [-0.4, -0.2) is 28.5 Å². The van der Waals surface area contributed by atoms with E-state index in [0.29, 0.717) is 24.7 Å². The molecule has 2 aromatic rings. The molecule has 0 radical (unpaired) electrons. The molecule has 0 aliphatic carbocycles. The Kier molecular flexibility index (Phi) is 3.57. The summed E-state index contributed by atoms with van der Waals surface area (Å²) in [6.45, 7) is 1.40. The molecule has 1 aromatic heterocycles. The van der Waals surface area contributed by atoms with Gasteiger partial charge in [-0.2, -0.15) is 4.98 Å². The third-order valence-electron chi connectivity index (χ3n) is 3.33. The van der Waals surface area contributed by atoms with E-state index in [-0.39, 0.29) is 5.92 Å². The average molecular weight is 260 g/mol. The molecule has 1 fully saturated rings. The van der Waals surface area contributed by atoms with Crippen LogP contribution in [0.5, 0.6) is 0 Å². The Morgan fingerprint density at radius 3 is 2.89 bits per heavy atom. The van der Waals surface area contributed by atoms with Crippen LogP contribution in [0.25, 0.3) is 0 Å². The van der Waals surface area contributed by atoms with E-state index in [1.54, 1.807) is 0 Å². The lowest BCUT2D eigenvalue weighted by Gasteiger charge is -2.07. The summed E-state index contributed by atoms with van der Waals surface area (Å²) in [7, 11) is 0. The topological polar surface area (TPSA) is 68.4 Å². The van der Waals surface area contributed by atoms with E-state index in [1.165, 1.54) is 0 Å². The molecule has 1 aromatic carbocycles. The SMILES string of the molecule is O[C@@H](Cc1nc([C@@H]2CCOC2)no1)c1ccccc1. The minimum atomic E-state index is -0.616. The summed E-state index contributed by atoms with van der Waals surface area (Å²) < 4.78 is 10.5. The fourth-order valence-corrected chi connectivity index (χ4v) is 2.21. The quantitative estimate of drug-likeness (QED) is 0.908. The van der Waals surface area contributed by atoms with Crippen molar-refractivity contribution >= 4 is 0 Å². The van der Waals surface area contributed by atoms with Gasteiger partial charge in [-0.15, -0.1) is 0 Å². The first-order valence-electron chi connectivity index (χ1n) is 6.46. The molecule has 0 unspecified atom stereocenters. The van der Waals surface area contributed by atoms with Crippen LogP contribution >= 0.6 is 0 Å². The third-order valence-corrected chi connectivity index (χ3v) is 3.33. The molecule has 0 spiro atoms. The molecule has 0 saturated carbocycles. The zero-order valence-electron chi connectivity index (χ0n) is 10.5. The maximum absolute atomic E-state index is 10.1. The van der Waals surface area contributed by atoms with E-state index in [9.17, 15) is 5.11 Å². The lowest BCUT2D eigenvalue weighted by atomic mass is 10.1. The maximum Gasteiger partial charge on any atom is 0.229 e. The van der Waals surface area contributed by atoms with Crippen molar-refractivity contribution in [2.24, 2.45) is 0 Å². The standard InChI is InChI=1S/C14H16N2O3/c17-12(10-4-2-1-3-5-10)8-13-15-14(16-19-13)11-6-7-18-9-11/h1-5,11-12,17H,6-9H2/t11-,12+/m1/s1. The molecular formula is C14H16N2O3. The summed E-state index contributed by atoms with van der Waals surface area (Å²) >= 11 is 0. The molecule has 2 heterocycles. The molecule has 3 rings (SSSR count). The van der Waals surface area contributed by atoms with Crippen molar-refractivity contribution in [3.05, 3.63) is 47.6 Å². The fourth-order valence-electron chi connectivity index (χ4n) is 2.21. The Bertz CT molecular complexity index is 520. The second-order valence-electron chi connectivity index (χ2n) is 4.74. The van der Waals surface area contributed by atoms with Crippen LogP contribution in [0.1, 0.15) is 35.7 Å². The van der Waals surface area contributed by atoms with Crippen LogP contribution in [0.2, 0.25) is 0 Å². The number of benzene rings is 1. The van der Waals surface area contributed by atoms with E-state index >= 15 is 0 Å². The third kappa shape index (κ3) is 2.83. The molecule has 5 nitrogen and oxygen atoms in total. The smallest absolute Gasteiger partial charge is 0.229 e. The van der Waals surface area contributed by atoms with Crippen molar-refractivity contribution in [3.63, 3.8) is 0 Å². The second-order valence-corrected chi connectivity index (χ2v) is 4.74. The first-order valence-corrected chi connectivity index (χ1v) is 6.46. The second kappa shape index (κ2) is 5.50. The Labute approximate surface area is 111 Å². The zero-order valence-corrected chi connectivity index (χ0v) is 10.5. The van der Waals surface area contributed by atoms with Crippen LogP contribution < -0.4 is 0 Å². The van der Waals surface area contributed by atoms with Gasteiger partial charge in [0.2, 0.25) is 5.89 Å². The predicted octanol–water partition coefficient (Wildman–Crippen LogP) is 1.85. The number of rotatable bonds is 4. The molecule has 19 heavy (non-hydrogen) atoms. The molecule has 1 saturated heterocycles. The van der Waals surface area contributed by atoms with Gasteiger partial charge < -0.3 is 14.4 Å². The first kappa shape index (κ1) is 12.3. The summed E-state index contributed by atoms with van der Waals surface area (Å²) in [4.78, 5) is 4.34. The largest absolute Gasteiger partial charge is 0.388 e. The van der Waals surface area contributed by atoms with Gasteiger partial charge in [-0.25, -0.2) is 0 Å². The summed E-state index contributed by atoms with van der Waals surface area (Å²) in [5.74, 6) is 1.39. The Morgan fingerprint density at radius 1 is 1.32 bits per heavy atom. The number of aliphatic hydroxyl groups is 1. The maximum atomic E-state index is 10.1. The van der Waals surface area contributed by atoms with Gasteiger partial charge in [-0.1, -0.05) is 35.5 Å². The predicted molar refractivity (Wildman–Crippen MR) is 67.6 cm³/mol. The van der Waals surface area contributed by atoms with Crippen molar-refractivity contribution < 1.29 is 14.4 Å². The number of aromatic nitrogens is 2. The number of hydrogen-bond donors (Lipinski definition) is 1. The van der Waals surface area contributed by atoms with Gasteiger partial charge in [0, 0.05) is 12.5 Å². The van der Waals surface area contributed by atoms with Gasteiger partial charge >= 0.3 is 0 Å². The van der Waals surface area contributed by atoms with Gasteiger partial charge in [0.1, 0.15) is 0 Å². The monoisotopic (exact) mass is 260 g/mol. The van der Waals surface area contributed by atoms with Crippen molar-refractivity contribution in [2.75, 3.05) is 13.2 Å². The highest BCUT2D eigenvalue weighted by Gasteiger charge is 2.23. The summed E-state index contributed by atoms with van der Waals surface area (Å²) in [6, 6.07) is 9.47. The Balaban J connectivity index is 1.66. The summed E-state index contributed by atoms with van der Waals surface area (Å²) in [6.07, 6.45) is 0.652. The lowest BCUT2D eigenvalue weighted by molar-refractivity contribution is 0.164. The van der Waals surface area contributed by atoms with Crippen molar-refractivity contribution in [1.29, 1.82) is 0 Å². The molecule has 1 N–H and O–H groups in total. The van der Waals surface area contributed by atoms with E-state index in [0.717, 1.165) is 18.6 Å². The molecule has 2 atom stereocenters. The van der Waals surface area contributed by atoms with Gasteiger partial charge in [0.05, 0.1) is 19.1 Å². The number of ether oxygens (including phenoxy) is 1. The zero-order chi connectivity index (χ0) is 13.1. The van der Waals surface area contributed by atoms with Crippen LogP contribution in [0.3, 0.4) is 0 Å². The fraction of sp³-hybridized carbons (Fsp3) is 0.429. The van der Waals surface area contributed by atoms with Crippen LogP contribution in [-0.2, 0) is 11.2 Å². The van der Waals surface area contributed by atoms with E-state index < -0.39 is 6.10 Å². The van der Waals surface area contributed by atoms with Gasteiger partial charge in [0.15, 0.2) is 5.82 Å². The highest BCUT2D eigenvalue weighted by atomic mass is 16.5. The van der Waals surface area contributed by atoms with Crippen molar-refractivity contribution in [2.45, 2.75) is 24.9 Å². The first-order chi connectivity index (χ1) is 9.33. The average Bonchev–Trinajstić information content (AvgIpc) is 3.10. The Hall–Kier alpha value is -1.72. The van der Waals surface area contributed by atoms with Crippen molar-refractivity contribution in [3.8, 4) is 0 Å². The van der Waals surface area contributed by atoms with E-state index in [1.807, 2.05) is 30.3 Å². The van der Waals surface area contributed by atoms with E-state index in [4.69, 9.17) is 9.26 Å². The molecule has 0 amide bonds. The van der Waals surface area contributed by atoms with Crippen LogP contribution in [0.15, 0.2) is 34.9 Å². The summed E-state index contributed by atoms with van der Waals surface area (Å²) in [5, 5.41) is 14.1. The van der Waals surface area contributed by atoms with Gasteiger partial charge in [0.25, 0.3) is 0 Å². The summed E-state index contributed by atoms with van der Waals surface area (Å²) in [5.41, 5.74) is 0.853. The normalized spacial score (nSPS) is 20.6. The molecular weight excluding hydrogens is 244 g/mol. The van der Waals surface area contributed by atoms with Gasteiger partial charge in [-0.3, -0.25) is 0 Å². The molecule has 1 aliphatic rings. The Morgan fingerprint density at radius 2 is 2.16 bits per heavy atom. The van der Waals surface area contributed by atoms with E-state index in [2.05, 4.69) is 10.1 Å². The highest BCUT2D eigenvalue weighted by molar-refractivity contribution is 5.18.